The van der Waals surface area contributed by atoms with Crippen LogP contribution in [0.1, 0.15) is 50.7 Å². The second kappa shape index (κ2) is 14.3. The zero-order valence-corrected chi connectivity index (χ0v) is 27.8. The Hall–Kier alpha value is -4.87. The maximum Gasteiger partial charge on any atom is 0.248 e. The van der Waals surface area contributed by atoms with Gasteiger partial charge < -0.3 is 26.2 Å². The molecule has 0 aliphatic carbocycles. The number of rotatable bonds is 11. The van der Waals surface area contributed by atoms with Crippen LogP contribution in [0.4, 0.5) is 17.6 Å². The van der Waals surface area contributed by atoms with Crippen molar-refractivity contribution in [3.8, 4) is 11.3 Å². The minimum absolute atomic E-state index is 0.156. The predicted molar refractivity (Wildman–Crippen MR) is 190 cm³/mol. The fourth-order valence-corrected chi connectivity index (χ4v) is 5.89. The number of likely N-dealkylation sites (N-methyl/N-ethyl adjacent to an activating group) is 1. The van der Waals surface area contributed by atoms with Crippen molar-refractivity contribution in [3.63, 3.8) is 0 Å². The van der Waals surface area contributed by atoms with Gasteiger partial charge in [-0.05, 0) is 68.9 Å². The number of hydrogen-bond acceptors (Lipinski definition) is 9. The number of pyridine rings is 1. The van der Waals surface area contributed by atoms with Crippen LogP contribution in [0.15, 0.2) is 73.1 Å². The highest BCUT2D eigenvalue weighted by atomic mass is 16.1. The maximum absolute atomic E-state index is 12.4. The van der Waals surface area contributed by atoms with Gasteiger partial charge in [-0.3, -0.25) is 9.78 Å². The molecule has 3 aromatic heterocycles. The third-order valence-electron chi connectivity index (χ3n) is 8.49. The van der Waals surface area contributed by atoms with Crippen LogP contribution in [0, 0.1) is 0 Å². The SMILES string of the molecule is CC(C)c1cnn2c(NCc3ccccc3-c3nccc4cc(NC(=O)/C=C/CN(C)C)ccc34)nc(N[C@H]3CC[C@H](C)NC3)nc12. The molecule has 47 heavy (non-hydrogen) atoms. The van der Waals surface area contributed by atoms with Crippen molar-refractivity contribution in [2.24, 2.45) is 0 Å². The molecule has 0 bridgehead atoms. The average Bonchev–Trinajstić information content (AvgIpc) is 3.49. The van der Waals surface area contributed by atoms with Gasteiger partial charge in [-0.1, -0.05) is 50.3 Å². The van der Waals surface area contributed by atoms with Gasteiger partial charge in [-0.25, -0.2) is 0 Å². The lowest BCUT2D eigenvalue weighted by Gasteiger charge is -2.28. The van der Waals surface area contributed by atoms with E-state index in [1.54, 1.807) is 10.6 Å². The molecule has 2 atom stereocenters. The minimum atomic E-state index is -0.156. The third-order valence-corrected chi connectivity index (χ3v) is 8.49. The topological polar surface area (TPSA) is 124 Å². The molecule has 4 N–H and O–H groups in total. The van der Waals surface area contributed by atoms with E-state index >= 15 is 0 Å². The van der Waals surface area contributed by atoms with Crippen molar-refractivity contribution in [1.82, 2.24) is 34.8 Å². The third kappa shape index (κ3) is 7.58. The highest BCUT2D eigenvalue weighted by Gasteiger charge is 2.21. The normalized spacial score (nSPS) is 16.8. The van der Waals surface area contributed by atoms with E-state index in [0.717, 1.165) is 63.9 Å². The van der Waals surface area contributed by atoms with Gasteiger partial charge >= 0.3 is 0 Å². The van der Waals surface area contributed by atoms with Crippen LogP contribution >= 0.6 is 0 Å². The van der Waals surface area contributed by atoms with E-state index in [4.69, 9.17) is 15.0 Å². The van der Waals surface area contributed by atoms with Gasteiger partial charge in [0.05, 0.1) is 11.9 Å². The van der Waals surface area contributed by atoms with Crippen LogP contribution in [0.5, 0.6) is 0 Å². The summed E-state index contributed by atoms with van der Waals surface area (Å²) in [7, 11) is 3.93. The minimum Gasteiger partial charge on any atom is -0.350 e. The predicted octanol–water partition coefficient (Wildman–Crippen LogP) is 5.68. The number of amides is 1. The monoisotopic (exact) mass is 632 g/mol. The van der Waals surface area contributed by atoms with Crippen molar-refractivity contribution >= 4 is 39.9 Å². The van der Waals surface area contributed by atoms with E-state index < -0.39 is 0 Å². The summed E-state index contributed by atoms with van der Waals surface area (Å²) >= 11 is 0. The Bertz CT molecular complexity index is 1890. The quantitative estimate of drug-likeness (QED) is 0.136. The standard InChI is InChI=1S/C36H44N10O/c1-23(2)31-22-40-46-34(31)43-35(42-28-13-12-24(3)38-21-28)44-36(46)39-20-26-9-6-7-10-29(26)33-30-15-14-27(19-25(30)16-17-37-33)41-32(47)11-8-18-45(4)5/h6-11,14-17,19,22-24,28,38H,12-13,18,20-21H2,1-5H3,(H,41,47)(H2,39,42,43,44)/b11-8+/t24-,28-/m0/s1. The first-order valence-electron chi connectivity index (χ1n) is 16.3. The first-order chi connectivity index (χ1) is 22.7. The molecule has 11 heteroatoms. The van der Waals surface area contributed by atoms with Crippen molar-refractivity contribution in [1.29, 1.82) is 0 Å². The molecule has 0 unspecified atom stereocenters. The summed E-state index contributed by atoms with van der Waals surface area (Å²) in [6, 6.07) is 16.9. The lowest BCUT2D eigenvalue weighted by molar-refractivity contribution is -0.111. The number of fused-ring (bicyclic) bond motifs is 2. The summed E-state index contributed by atoms with van der Waals surface area (Å²) in [6.07, 6.45) is 9.29. The molecule has 1 aliphatic rings. The van der Waals surface area contributed by atoms with Crippen LogP contribution < -0.4 is 21.3 Å². The van der Waals surface area contributed by atoms with Crippen LogP contribution in [0.3, 0.4) is 0 Å². The van der Waals surface area contributed by atoms with Crippen molar-refractivity contribution in [2.45, 2.75) is 58.2 Å². The fourth-order valence-electron chi connectivity index (χ4n) is 5.89. The summed E-state index contributed by atoms with van der Waals surface area (Å²) in [5.74, 6) is 1.34. The first-order valence-corrected chi connectivity index (χ1v) is 16.3. The highest BCUT2D eigenvalue weighted by molar-refractivity contribution is 6.02. The molecule has 5 aromatic rings. The molecule has 11 nitrogen and oxygen atoms in total. The van der Waals surface area contributed by atoms with Gasteiger partial charge in [0.25, 0.3) is 0 Å². The zero-order chi connectivity index (χ0) is 32.9. The maximum atomic E-state index is 12.4. The molecular formula is C36H44N10O. The van der Waals surface area contributed by atoms with Crippen molar-refractivity contribution in [3.05, 3.63) is 84.2 Å². The summed E-state index contributed by atoms with van der Waals surface area (Å²) < 4.78 is 1.80. The van der Waals surface area contributed by atoms with Crippen LogP contribution in [0.25, 0.3) is 27.7 Å². The molecule has 1 aliphatic heterocycles. The smallest absolute Gasteiger partial charge is 0.248 e. The molecule has 0 spiro atoms. The Morgan fingerprint density at radius 3 is 2.77 bits per heavy atom. The number of carbonyl (C=O) groups is 1. The molecule has 0 saturated carbocycles. The lowest BCUT2D eigenvalue weighted by atomic mass is 9.99. The Kier molecular flexibility index (Phi) is 9.74. The van der Waals surface area contributed by atoms with Crippen LogP contribution in [-0.4, -0.2) is 74.6 Å². The fraction of sp³-hybridized carbons (Fsp3) is 0.361. The van der Waals surface area contributed by atoms with Crippen molar-refractivity contribution in [2.75, 3.05) is 43.1 Å². The van der Waals surface area contributed by atoms with E-state index in [2.05, 4.69) is 59.3 Å². The van der Waals surface area contributed by atoms with Gasteiger partial charge in [0, 0.05) is 66.2 Å². The van der Waals surface area contributed by atoms with E-state index in [1.165, 1.54) is 0 Å². The van der Waals surface area contributed by atoms with Crippen molar-refractivity contribution < 1.29 is 4.79 Å². The number of benzene rings is 2. The number of carbonyl (C=O) groups excluding carboxylic acids is 1. The number of hydrogen-bond donors (Lipinski definition) is 4. The van der Waals surface area contributed by atoms with Gasteiger partial charge in [0.15, 0.2) is 5.65 Å². The van der Waals surface area contributed by atoms with E-state index in [-0.39, 0.29) is 17.9 Å². The Morgan fingerprint density at radius 1 is 1.13 bits per heavy atom. The molecule has 1 saturated heterocycles. The van der Waals surface area contributed by atoms with Gasteiger partial charge in [-0.2, -0.15) is 19.6 Å². The van der Waals surface area contributed by atoms with Gasteiger partial charge in [-0.15, -0.1) is 0 Å². The number of aromatic nitrogens is 5. The summed E-state index contributed by atoms with van der Waals surface area (Å²) in [6.45, 7) is 8.61. The second-order valence-corrected chi connectivity index (χ2v) is 12.8. The number of piperidine rings is 1. The van der Waals surface area contributed by atoms with Crippen LogP contribution in [0.2, 0.25) is 0 Å². The van der Waals surface area contributed by atoms with E-state index in [1.807, 2.05) is 73.9 Å². The molecule has 1 fully saturated rings. The Labute approximate surface area is 275 Å². The van der Waals surface area contributed by atoms with E-state index in [9.17, 15) is 4.79 Å². The Balaban J connectivity index is 1.26. The molecule has 2 aromatic carbocycles. The van der Waals surface area contributed by atoms with Gasteiger partial charge in [0.2, 0.25) is 17.8 Å². The molecule has 0 radical (unpaired) electrons. The first kappa shape index (κ1) is 32.1. The summed E-state index contributed by atoms with van der Waals surface area (Å²) in [5, 5.41) is 20.3. The Morgan fingerprint density at radius 2 is 1.98 bits per heavy atom. The largest absolute Gasteiger partial charge is 0.350 e. The number of nitrogens with one attached hydrogen (secondary N) is 4. The molecular weight excluding hydrogens is 588 g/mol. The lowest BCUT2D eigenvalue weighted by Crippen LogP contribution is -2.43. The van der Waals surface area contributed by atoms with Crippen LogP contribution in [-0.2, 0) is 11.3 Å². The van der Waals surface area contributed by atoms with E-state index in [0.29, 0.717) is 31.0 Å². The average molecular weight is 633 g/mol. The summed E-state index contributed by atoms with van der Waals surface area (Å²) in [5.41, 5.74) is 5.58. The number of anilines is 3. The highest BCUT2D eigenvalue weighted by Crippen LogP contribution is 2.31. The second-order valence-electron chi connectivity index (χ2n) is 12.8. The molecule has 1 amide bonds. The molecule has 4 heterocycles. The van der Waals surface area contributed by atoms with Gasteiger partial charge in [0.1, 0.15) is 0 Å². The summed E-state index contributed by atoms with van der Waals surface area (Å²) in [4.78, 5) is 29.0. The zero-order valence-electron chi connectivity index (χ0n) is 27.8. The number of nitrogens with zero attached hydrogens (tertiary/aromatic N) is 6. The molecule has 6 rings (SSSR count). The molecule has 244 valence electrons.